The zero-order valence-corrected chi connectivity index (χ0v) is 14.4. The minimum absolute atomic E-state index is 0.00329. The van der Waals surface area contributed by atoms with Crippen LogP contribution in [0.4, 0.5) is 0 Å². The number of rotatable bonds is 5. The highest BCUT2D eigenvalue weighted by atomic mass is 16.5. The lowest BCUT2D eigenvalue weighted by molar-refractivity contribution is -0.213. The SMILES string of the molecule is Cc1n[nH]c(C)c1CC(=O)N1CCC2(CC1)C(O)CC2OCCO. The van der Waals surface area contributed by atoms with Gasteiger partial charge >= 0.3 is 0 Å². The van der Waals surface area contributed by atoms with Crippen LogP contribution < -0.4 is 0 Å². The van der Waals surface area contributed by atoms with Crippen LogP contribution in [0.15, 0.2) is 0 Å². The summed E-state index contributed by atoms with van der Waals surface area (Å²) in [4.78, 5) is 14.5. The van der Waals surface area contributed by atoms with Crippen molar-refractivity contribution in [3.05, 3.63) is 17.0 Å². The summed E-state index contributed by atoms with van der Waals surface area (Å²) in [6.45, 7) is 5.43. The number of carbonyl (C=O) groups is 1. The third kappa shape index (κ3) is 2.96. The fourth-order valence-electron chi connectivity index (χ4n) is 4.08. The number of likely N-dealkylation sites (tertiary alicyclic amines) is 1. The summed E-state index contributed by atoms with van der Waals surface area (Å²) in [7, 11) is 0. The van der Waals surface area contributed by atoms with Crippen LogP contribution in [0.3, 0.4) is 0 Å². The van der Waals surface area contributed by atoms with E-state index in [4.69, 9.17) is 9.84 Å². The maximum absolute atomic E-state index is 12.6. The van der Waals surface area contributed by atoms with Crippen molar-refractivity contribution in [2.45, 2.75) is 51.7 Å². The monoisotopic (exact) mass is 337 g/mol. The van der Waals surface area contributed by atoms with Crippen molar-refractivity contribution in [2.24, 2.45) is 5.41 Å². The summed E-state index contributed by atoms with van der Waals surface area (Å²) in [5.74, 6) is 0.110. The van der Waals surface area contributed by atoms with Gasteiger partial charge in [-0.2, -0.15) is 5.10 Å². The highest BCUT2D eigenvalue weighted by molar-refractivity contribution is 5.79. The molecule has 0 radical (unpaired) electrons. The first-order chi connectivity index (χ1) is 11.5. The van der Waals surface area contributed by atoms with Gasteiger partial charge in [-0.25, -0.2) is 0 Å². The van der Waals surface area contributed by atoms with Crippen LogP contribution in [0.2, 0.25) is 0 Å². The molecule has 2 heterocycles. The predicted octanol–water partition coefficient (Wildman–Crippen LogP) is 0.320. The van der Waals surface area contributed by atoms with Gasteiger partial charge in [-0.05, 0) is 26.7 Å². The van der Waals surface area contributed by atoms with Gasteiger partial charge in [-0.3, -0.25) is 9.89 Å². The van der Waals surface area contributed by atoms with Gasteiger partial charge in [-0.15, -0.1) is 0 Å². The molecule has 1 aromatic rings. The summed E-state index contributed by atoms with van der Waals surface area (Å²) in [6, 6.07) is 0. The Morgan fingerprint density at radius 2 is 2.12 bits per heavy atom. The van der Waals surface area contributed by atoms with Gasteiger partial charge < -0.3 is 19.8 Å². The van der Waals surface area contributed by atoms with Gasteiger partial charge in [0.1, 0.15) is 0 Å². The normalized spacial score (nSPS) is 25.8. The number of piperidine rings is 1. The zero-order chi connectivity index (χ0) is 17.3. The van der Waals surface area contributed by atoms with E-state index in [9.17, 15) is 9.90 Å². The van der Waals surface area contributed by atoms with Gasteiger partial charge in [0.25, 0.3) is 0 Å². The van der Waals surface area contributed by atoms with Crippen LogP contribution >= 0.6 is 0 Å². The number of ether oxygens (including phenoxy) is 1. The number of hydrogen-bond acceptors (Lipinski definition) is 5. The Labute approximate surface area is 142 Å². The third-order valence-corrected chi connectivity index (χ3v) is 5.81. The first-order valence-corrected chi connectivity index (χ1v) is 8.66. The molecular weight excluding hydrogens is 310 g/mol. The van der Waals surface area contributed by atoms with Gasteiger partial charge in [0, 0.05) is 36.2 Å². The number of aromatic nitrogens is 2. The van der Waals surface area contributed by atoms with E-state index in [-0.39, 0.29) is 30.1 Å². The molecule has 2 atom stereocenters. The van der Waals surface area contributed by atoms with Gasteiger partial charge in [0.15, 0.2) is 0 Å². The lowest BCUT2D eigenvalue weighted by Crippen LogP contribution is -2.63. The number of aliphatic hydroxyl groups excluding tert-OH is 2. The molecule has 1 spiro atoms. The Morgan fingerprint density at radius 3 is 2.67 bits per heavy atom. The molecule has 1 aromatic heterocycles. The van der Waals surface area contributed by atoms with Crippen molar-refractivity contribution in [1.82, 2.24) is 15.1 Å². The van der Waals surface area contributed by atoms with E-state index in [1.807, 2.05) is 18.7 Å². The van der Waals surface area contributed by atoms with E-state index in [2.05, 4.69) is 10.2 Å². The van der Waals surface area contributed by atoms with E-state index in [0.29, 0.717) is 32.5 Å². The number of nitrogens with one attached hydrogen (secondary N) is 1. The van der Waals surface area contributed by atoms with Gasteiger partial charge in [0.2, 0.25) is 5.91 Å². The number of hydrogen-bond donors (Lipinski definition) is 3. The second kappa shape index (κ2) is 6.82. The first kappa shape index (κ1) is 17.4. The van der Waals surface area contributed by atoms with Crippen LogP contribution in [0, 0.1) is 19.3 Å². The fourth-order valence-corrected chi connectivity index (χ4v) is 4.08. The molecule has 2 aliphatic rings. The number of carbonyl (C=O) groups excluding carboxylic acids is 1. The zero-order valence-electron chi connectivity index (χ0n) is 14.4. The van der Waals surface area contributed by atoms with Crippen molar-refractivity contribution in [3.8, 4) is 0 Å². The largest absolute Gasteiger partial charge is 0.394 e. The van der Waals surface area contributed by atoms with Crippen LogP contribution in [0.5, 0.6) is 0 Å². The molecule has 1 aliphatic carbocycles. The minimum Gasteiger partial charge on any atom is -0.394 e. The number of amides is 1. The van der Waals surface area contributed by atoms with Gasteiger partial charge in [-0.1, -0.05) is 0 Å². The fraction of sp³-hybridized carbons (Fsp3) is 0.765. The Bertz CT molecular complexity index is 573. The molecule has 2 fully saturated rings. The molecule has 0 aromatic carbocycles. The number of aromatic amines is 1. The molecule has 7 nitrogen and oxygen atoms in total. The van der Waals surface area contributed by atoms with Crippen molar-refractivity contribution in [2.75, 3.05) is 26.3 Å². The van der Waals surface area contributed by atoms with Crippen LogP contribution in [-0.4, -0.2) is 69.7 Å². The maximum Gasteiger partial charge on any atom is 0.227 e. The average Bonchev–Trinajstić information content (AvgIpc) is 2.90. The number of nitrogens with zero attached hydrogens (tertiary/aromatic N) is 2. The molecular formula is C17H27N3O4. The van der Waals surface area contributed by atoms with Gasteiger partial charge in [0.05, 0.1) is 37.5 Å². The summed E-state index contributed by atoms with van der Waals surface area (Å²) in [6.07, 6.45) is 2.13. The summed E-state index contributed by atoms with van der Waals surface area (Å²) in [5.41, 5.74) is 2.56. The molecule has 1 saturated heterocycles. The quantitative estimate of drug-likeness (QED) is 0.719. The van der Waals surface area contributed by atoms with Crippen LogP contribution in [0.25, 0.3) is 0 Å². The molecule has 1 amide bonds. The lowest BCUT2D eigenvalue weighted by atomic mass is 9.58. The van der Waals surface area contributed by atoms with Crippen molar-refractivity contribution < 1.29 is 19.7 Å². The maximum atomic E-state index is 12.6. The highest BCUT2D eigenvalue weighted by Gasteiger charge is 2.56. The Kier molecular flexibility index (Phi) is 4.94. The Balaban J connectivity index is 1.57. The van der Waals surface area contributed by atoms with Crippen molar-refractivity contribution in [3.63, 3.8) is 0 Å². The number of aryl methyl sites for hydroxylation is 2. The second-order valence-corrected chi connectivity index (χ2v) is 7.04. The van der Waals surface area contributed by atoms with E-state index >= 15 is 0 Å². The first-order valence-electron chi connectivity index (χ1n) is 8.66. The summed E-state index contributed by atoms with van der Waals surface area (Å²) in [5, 5.41) is 26.2. The van der Waals surface area contributed by atoms with Crippen molar-refractivity contribution in [1.29, 1.82) is 0 Å². The highest BCUT2D eigenvalue weighted by Crippen LogP contribution is 2.50. The smallest absolute Gasteiger partial charge is 0.227 e. The van der Waals surface area contributed by atoms with E-state index in [1.165, 1.54) is 0 Å². The van der Waals surface area contributed by atoms with E-state index in [1.54, 1.807) is 0 Å². The molecule has 1 saturated carbocycles. The molecule has 24 heavy (non-hydrogen) atoms. The Hall–Kier alpha value is -1.44. The predicted molar refractivity (Wildman–Crippen MR) is 87.5 cm³/mol. The van der Waals surface area contributed by atoms with E-state index in [0.717, 1.165) is 29.8 Å². The molecule has 1 aliphatic heterocycles. The topological polar surface area (TPSA) is 98.7 Å². The molecule has 2 unspecified atom stereocenters. The van der Waals surface area contributed by atoms with Crippen molar-refractivity contribution >= 4 is 5.91 Å². The number of H-pyrrole nitrogens is 1. The van der Waals surface area contributed by atoms with Crippen LogP contribution in [-0.2, 0) is 16.0 Å². The molecule has 3 rings (SSSR count). The standard InChI is InChI=1S/C17H27N3O4/c1-11-13(12(2)19-18-11)9-16(23)20-5-3-17(4-6-20)14(22)10-15(17)24-8-7-21/h14-15,21-22H,3-10H2,1-2H3,(H,18,19). The average molecular weight is 337 g/mol. The number of aliphatic hydroxyl groups is 2. The summed E-state index contributed by atoms with van der Waals surface area (Å²) >= 11 is 0. The molecule has 0 bridgehead atoms. The second-order valence-electron chi connectivity index (χ2n) is 7.04. The molecule has 7 heteroatoms. The van der Waals surface area contributed by atoms with E-state index < -0.39 is 0 Å². The third-order valence-electron chi connectivity index (χ3n) is 5.81. The molecule has 3 N–H and O–H groups in total. The summed E-state index contributed by atoms with van der Waals surface area (Å²) < 4.78 is 5.68. The minimum atomic E-state index is -0.364. The van der Waals surface area contributed by atoms with Crippen LogP contribution in [0.1, 0.15) is 36.2 Å². The Morgan fingerprint density at radius 1 is 1.42 bits per heavy atom. The lowest BCUT2D eigenvalue weighted by Gasteiger charge is -2.56. The molecule has 134 valence electrons.